The number of ether oxygens (including phenoxy) is 3. The molecule has 0 atom stereocenters. The highest BCUT2D eigenvalue weighted by atomic mass is 16.7. The fourth-order valence-electron chi connectivity index (χ4n) is 1.81. The lowest BCUT2D eigenvalue weighted by Crippen LogP contribution is -2.29. The van der Waals surface area contributed by atoms with Crippen LogP contribution in [0.5, 0.6) is 11.5 Å². The van der Waals surface area contributed by atoms with Crippen LogP contribution in [0.3, 0.4) is 0 Å². The summed E-state index contributed by atoms with van der Waals surface area (Å²) in [7, 11) is 0. The van der Waals surface area contributed by atoms with E-state index in [0.29, 0.717) is 17.2 Å². The number of nitrogens with one attached hydrogen (secondary N) is 1. The van der Waals surface area contributed by atoms with E-state index < -0.39 is 11.8 Å². The highest BCUT2D eigenvalue weighted by Gasteiger charge is 2.31. The van der Waals surface area contributed by atoms with Crippen LogP contribution < -0.4 is 14.8 Å². The molecule has 1 aliphatic heterocycles. The minimum Gasteiger partial charge on any atom is -0.462 e. The molecule has 0 aromatic heterocycles. The fourth-order valence-corrected chi connectivity index (χ4v) is 1.81. The predicted molar refractivity (Wildman–Crippen MR) is 75.7 cm³/mol. The topological polar surface area (TPSA) is 80.6 Å². The van der Waals surface area contributed by atoms with E-state index in [1.807, 2.05) is 13.8 Å². The maximum absolute atomic E-state index is 11.5. The molecule has 0 saturated carbocycles. The second-order valence-electron chi connectivity index (χ2n) is 4.80. The monoisotopic (exact) mass is 288 g/mol. The van der Waals surface area contributed by atoms with Crippen molar-refractivity contribution in [1.29, 1.82) is 5.26 Å². The van der Waals surface area contributed by atoms with E-state index in [2.05, 4.69) is 5.32 Å². The number of rotatable bonds is 4. The number of fused-ring (bicyclic) bond motifs is 1. The van der Waals surface area contributed by atoms with E-state index in [0.717, 1.165) is 0 Å². The van der Waals surface area contributed by atoms with Gasteiger partial charge in [-0.2, -0.15) is 5.26 Å². The summed E-state index contributed by atoms with van der Waals surface area (Å²) in [6.07, 6.45) is 1.31. The molecule has 2 rings (SSSR count). The first-order valence-corrected chi connectivity index (χ1v) is 6.51. The van der Waals surface area contributed by atoms with Crippen molar-refractivity contribution in [3.8, 4) is 17.6 Å². The zero-order chi connectivity index (χ0) is 15.5. The van der Waals surface area contributed by atoms with Gasteiger partial charge in [-0.25, -0.2) is 4.79 Å². The third kappa shape index (κ3) is 3.45. The van der Waals surface area contributed by atoms with Crippen molar-refractivity contribution >= 4 is 11.7 Å². The number of carbonyl (C=O) groups excluding carboxylic acids is 1. The van der Waals surface area contributed by atoms with E-state index >= 15 is 0 Å². The fraction of sp³-hybridized carbons (Fsp3) is 0.333. The zero-order valence-electron chi connectivity index (χ0n) is 12.1. The van der Waals surface area contributed by atoms with Crippen LogP contribution in [0.15, 0.2) is 30.0 Å². The second-order valence-corrected chi connectivity index (χ2v) is 4.80. The van der Waals surface area contributed by atoms with Crippen molar-refractivity contribution in [1.82, 2.24) is 0 Å². The molecule has 1 N–H and O–H groups in total. The quantitative estimate of drug-likeness (QED) is 0.521. The van der Waals surface area contributed by atoms with Gasteiger partial charge in [-0.1, -0.05) is 0 Å². The standard InChI is InChI=1S/C15H16N2O4/c1-4-19-14(18)10(8-16)9-17-11-5-6-12-13(7-11)21-15(2,3)20-12/h5-7,9,17H,4H2,1-3H3/b10-9+. The Kier molecular flexibility index (Phi) is 4.03. The van der Waals surface area contributed by atoms with Gasteiger partial charge < -0.3 is 19.5 Å². The number of nitriles is 1. The van der Waals surface area contributed by atoms with Gasteiger partial charge in [-0.3, -0.25) is 0 Å². The molecule has 6 nitrogen and oxygen atoms in total. The van der Waals surface area contributed by atoms with Crippen LogP contribution in [0.1, 0.15) is 20.8 Å². The lowest BCUT2D eigenvalue weighted by molar-refractivity contribution is -0.138. The number of anilines is 1. The first kappa shape index (κ1) is 14.7. The molecule has 0 bridgehead atoms. The minimum absolute atomic E-state index is 0.102. The molecule has 6 heteroatoms. The van der Waals surface area contributed by atoms with Crippen LogP contribution in [0.4, 0.5) is 5.69 Å². The van der Waals surface area contributed by atoms with Crippen molar-refractivity contribution in [2.45, 2.75) is 26.6 Å². The van der Waals surface area contributed by atoms with Gasteiger partial charge in [0.25, 0.3) is 0 Å². The van der Waals surface area contributed by atoms with Gasteiger partial charge in [-0.15, -0.1) is 0 Å². The average molecular weight is 288 g/mol. The van der Waals surface area contributed by atoms with E-state index in [1.54, 1.807) is 31.2 Å². The molecule has 0 saturated heterocycles. The van der Waals surface area contributed by atoms with E-state index in [1.165, 1.54) is 6.20 Å². The molecule has 0 amide bonds. The Morgan fingerprint density at radius 3 is 2.81 bits per heavy atom. The van der Waals surface area contributed by atoms with Crippen molar-refractivity contribution < 1.29 is 19.0 Å². The van der Waals surface area contributed by atoms with E-state index in [4.69, 9.17) is 19.5 Å². The van der Waals surface area contributed by atoms with Crippen LogP contribution in [-0.2, 0) is 9.53 Å². The van der Waals surface area contributed by atoms with Crippen molar-refractivity contribution in [3.63, 3.8) is 0 Å². The van der Waals surface area contributed by atoms with Gasteiger partial charge in [0, 0.05) is 31.8 Å². The average Bonchev–Trinajstić information content (AvgIpc) is 2.72. The summed E-state index contributed by atoms with van der Waals surface area (Å²) in [5.74, 6) is -0.0950. The maximum atomic E-state index is 11.5. The molecule has 0 radical (unpaired) electrons. The Morgan fingerprint density at radius 1 is 1.43 bits per heavy atom. The number of carbonyl (C=O) groups is 1. The number of esters is 1. The first-order valence-electron chi connectivity index (χ1n) is 6.51. The Hall–Kier alpha value is -2.68. The molecular formula is C15H16N2O4. The Morgan fingerprint density at radius 2 is 2.14 bits per heavy atom. The number of hydrogen-bond donors (Lipinski definition) is 1. The Bertz CT molecular complexity index is 629. The van der Waals surface area contributed by atoms with Gasteiger partial charge in [0.2, 0.25) is 5.79 Å². The molecule has 0 spiro atoms. The Balaban J connectivity index is 2.12. The summed E-state index contributed by atoms with van der Waals surface area (Å²) in [6, 6.07) is 7.05. The first-order chi connectivity index (χ1) is 9.95. The van der Waals surface area contributed by atoms with Crippen LogP contribution in [0.25, 0.3) is 0 Å². The molecule has 1 aromatic carbocycles. The molecule has 1 aliphatic rings. The molecular weight excluding hydrogens is 272 g/mol. The van der Waals surface area contributed by atoms with Gasteiger partial charge in [0.1, 0.15) is 6.07 Å². The summed E-state index contributed by atoms with van der Waals surface area (Å²) < 4.78 is 16.0. The molecule has 0 unspecified atom stereocenters. The Labute approximate surface area is 122 Å². The van der Waals surface area contributed by atoms with Crippen molar-refractivity contribution in [2.24, 2.45) is 0 Å². The minimum atomic E-state index is -0.695. The zero-order valence-corrected chi connectivity index (χ0v) is 12.1. The largest absolute Gasteiger partial charge is 0.462 e. The maximum Gasteiger partial charge on any atom is 0.350 e. The molecule has 0 fully saturated rings. The number of nitrogens with zero attached hydrogens (tertiary/aromatic N) is 1. The third-order valence-electron chi connectivity index (χ3n) is 2.65. The number of hydrogen-bond acceptors (Lipinski definition) is 6. The normalized spacial score (nSPS) is 15.2. The predicted octanol–water partition coefficient (Wildman–Crippen LogP) is 2.58. The molecule has 110 valence electrons. The molecule has 1 heterocycles. The van der Waals surface area contributed by atoms with Crippen LogP contribution >= 0.6 is 0 Å². The summed E-state index contributed by atoms with van der Waals surface area (Å²) in [6.45, 7) is 5.53. The van der Waals surface area contributed by atoms with Crippen molar-refractivity contribution in [3.05, 3.63) is 30.0 Å². The second kappa shape index (κ2) is 5.75. The van der Waals surface area contributed by atoms with Gasteiger partial charge in [0.05, 0.1) is 6.61 Å². The SMILES string of the molecule is CCOC(=O)/C(C#N)=C/Nc1ccc2c(c1)OC(C)(C)O2. The van der Waals surface area contributed by atoms with Crippen LogP contribution in [0.2, 0.25) is 0 Å². The summed E-state index contributed by atoms with van der Waals surface area (Å²) in [5, 5.41) is 11.8. The van der Waals surface area contributed by atoms with E-state index in [9.17, 15) is 4.79 Å². The lowest BCUT2D eigenvalue weighted by Gasteiger charge is -2.16. The van der Waals surface area contributed by atoms with E-state index in [-0.39, 0.29) is 12.2 Å². The van der Waals surface area contributed by atoms with Crippen molar-refractivity contribution in [2.75, 3.05) is 11.9 Å². The van der Waals surface area contributed by atoms with Gasteiger partial charge in [-0.05, 0) is 19.1 Å². The smallest absolute Gasteiger partial charge is 0.350 e. The highest BCUT2D eigenvalue weighted by molar-refractivity contribution is 5.93. The van der Waals surface area contributed by atoms with Crippen LogP contribution in [-0.4, -0.2) is 18.4 Å². The summed E-state index contributed by atoms with van der Waals surface area (Å²) >= 11 is 0. The molecule has 1 aromatic rings. The van der Waals surface area contributed by atoms with Gasteiger partial charge in [0.15, 0.2) is 17.1 Å². The summed E-state index contributed by atoms with van der Waals surface area (Å²) in [5.41, 5.74) is 0.571. The van der Waals surface area contributed by atoms with Crippen LogP contribution in [0, 0.1) is 11.3 Å². The molecule has 21 heavy (non-hydrogen) atoms. The third-order valence-corrected chi connectivity index (χ3v) is 2.65. The highest BCUT2D eigenvalue weighted by Crippen LogP contribution is 2.40. The molecule has 0 aliphatic carbocycles. The summed E-state index contributed by atoms with van der Waals surface area (Å²) in [4.78, 5) is 11.5. The lowest BCUT2D eigenvalue weighted by atomic mass is 10.2. The van der Waals surface area contributed by atoms with Gasteiger partial charge >= 0.3 is 5.97 Å². The number of benzene rings is 1.